The van der Waals surface area contributed by atoms with Gasteiger partial charge in [-0.05, 0) is 57.6 Å². The fraction of sp³-hybridized carbons (Fsp3) is 0.632. The number of hydrogen-bond acceptors (Lipinski definition) is 4. The van der Waals surface area contributed by atoms with E-state index in [1.807, 2.05) is 45.0 Å². The van der Waals surface area contributed by atoms with Crippen molar-refractivity contribution in [3.8, 4) is 5.75 Å². The van der Waals surface area contributed by atoms with Gasteiger partial charge in [0.1, 0.15) is 18.0 Å². The molecule has 1 amide bonds. The molecule has 0 fully saturated rings. The van der Waals surface area contributed by atoms with Crippen LogP contribution < -0.4 is 10.1 Å². The Bertz CT molecular complexity index is 486. The van der Waals surface area contributed by atoms with Crippen LogP contribution in [0.5, 0.6) is 5.75 Å². The largest absolute Gasteiger partial charge is 0.492 e. The van der Waals surface area contributed by atoms with Gasteiger partial charge in [-0.1, -0.05) is 20.8 Å². The fourth-order valence-electron chi connectivity index (χ4n) is 2.38. The van der Waals surface area contributed by atoms with Gasteiger partial charge in [-0.2, -0.15) is 0 Å². The second-order valence-corrected chi connectivity index (χ2v) is 5.87. The van der Waals surface area contributed by atoms with Gasteiger partial charge in [0.2, 0.25) is 0 Å². The maximum Gasteiger partial charge on any atom is 0.256 e. The Kier molecular flexibility index (Phi) is 8.79. The molecule has 0 radical (unpaired) electrons. The molecular formula is C19H32N2O3. The van der Waals surface area contributed by atoms with Gasteiger partial charge in [0.15, 0.2) is 0 Å². The summed E-state index contributed by atoms with van der Waals surface area (Å²) in [5.74, 6) is 0.685. The number of amides is 1. The number of rotatable bonds is 11. The van der Waals surface area contributed by atoms with Gasteiger partial charge < -0.3 is 19.7 Å². The van der Waals surface area contributed by atoms with Crippen molar-refractivity contribution in [2.24, 2.45) is 0 Å². The lowest BCUT2D eigenvalue weighted by atomic mass is 10.0. The summed E-state index contributed by atoms with van der Waals surface area (Å²) < 4.78 is 11.3. The highest BCUT2D eigenvalue weighted by atomic mass is 16.5. The van der Waals surface area contributed by atoms with E-state index in [2.05, 4.69) is 24.1 Å². The lowest BCUT2D eigenvalue weighted by molar-refractivity contribution is -0.139. The first kappa shape index (κ1) is 20.5. The molecule has 1 aromatic carbocycles. The molecular weight excluding hydrogens is 304 g/mol. The standard InChI is InChI=1S/C19H32N2O3/c1-6-19(5,24-9-4)18(22)20-16-10-12-17(13-11-16)23-15-14-21(7-2)8-3/h10-13H,6-9,14-15H2,1-5H3,(H,20,22). The molecule has 0 heterocycles. The maximum absolute atomic E-state index is 12.4. The van der Waals surface area contributed by atoms with Crippen LogP contribution in [0, 0.1) is 0 Å². The first-order chi connectivity index (χ1) is 11.5. The number of benzene rings is 1. The topological polar surface area (TPSA) is 50.8 Å². The molecule has 0 aliphatic heterocycles. The van der Waals surface area contributed by atoms with Crippen molar-refractivity contribution in [2.75, 3.05) is 38.2 Å². The maximum atomic E-state index is 12.4. The Morgan fingerprint density at radius 1 is 1.12 bits per heavy atom. The third-order valence-electron chi connectivity index (χ3n) is 4.30. The highest BCUT2D eigenvalue weighted by Gasteiger charge is 2.31. The van der Waals surface area contributed by atoms with Gasteiger partial charge in [0.25, 0.3) is 5.91 Å². The highest BCUT2D eigenvalue weighted by Crippen LogP contribution is 2.20. The van der Waals surface area contributed by atoms with Crippen LogP contribution in [0.1, 0.15) is 41.0 Å². The van der Waals surface area contributed by atoms with E-state index >= 15 is 0 Å². The SMILES string of the molecule is CCOC(C)(CC)C(=O)Nc1ccc(OCCN(CC)CC)cc1. The number of ether oxygens (including phenoxy) is 2. The zero-order valence-electron chi connectivity index (χ0n) is 15.7. The van der Waals surface area contributed by atoms with Gasteiger partial charge >= 0.3 is 0 Å². The third-order valence-corrected chi connectivity index (χ3v) is 4.30. The number of nitrogens with one attached hydrogen (secondary N) is 1. The Morgan fingerprint density at radius 3 is 2.25 bits per heavy atom. The quantitative estimate of drug-likeness (QED) is 0.671. The van der Waals surface area contributed by atoms with Crippen molar-refractivity contribution in [1.29, 1.82) is 0 Å². The van der Waals surface area contributed by atoms with Crippen molar-refractivity contribution in [2.45, 2.75) is 46.6 Å². The third kappa shape index (κ3) is 6.13. The highest BCUT2D eigenvalue weighted by molar-refractivity contribution is 5.97. The minimum atomic E-state index is -0.798. The second-order valence-electron chi connectivity index (χ2n) is 5.87. The average molecular weight is 336 g/mol. The molecule has 136 valence electrons. The zero-order valence-corrected chi connectivity index (χ0v) is 15.7. The van der Waals surface area contributed by atoms with Gasteiger partial charge in [-0.25, -0.2) is 0 Å². The Morgan fingerprint density at radius 2 is 1.75 bits per heavy atom. The predicted octanol–water partition coefficient (Wildman–Crippen LogP) is 3.55. The van der Waals surface area contributed by atoms with Crippen molar-refractivity contribution in [3.05, 3.63) is 24.3 Å². The van der Waals surface area contributed by atoms with E-state index in [1.165, 1.54) is 0 Å². The molecule has 1 atom stereocenters. The van der Waals surface area contributed by atoms with Crippen LogP contribution in [0.4, 0.5) is 5.69 Å². The number of hydrogen-bond donors (Lipinski definition) is 1. The summed E-state index contributed by atoms with van der Waals surface area (Å²) in [6.07, 6.45) is 0.624. The normalized spacial score (nSPS) is 13.6. The summed E-state index contributed by atoms with van der Waals surface area (Å²) in [6.45, 7) is 14.1. The number of nitrogens with zero attached hydrogens (tertiary/aromatic N) is 1. The molecule has 0 saturated carbocycles. The van der Waals surface area contributed by atoms with Crippen LogP contribution in [-0.2, 0) is 9.53 Å². The van der Waals surface area contributed by atoms with E-state index in [4.69, 9.17) is 9.47 Å². The molecule has 1 rings (SSSR count). The molecule has 5 heteroatoms. The monoisotopic (exact) mass is 336 g/mol. The average Bonchev–Trinajstić information content (AvgIpc) is 2.60. The van der Waals surface area contributed by atoms with Gasteiger partial charge in [0.05, 0.1) is 0 Å². The van der Waals surface area contributed by atoms with Crippen LogP contribution >= 0.6 is 0 Å². The first-order valence-corrected chi connectivity index (χ1v) is 8.89. The molecule has 0 aliphatic carbocycles. The van der Waals surface area contributed by atoms with E-state index in [0.29, 0.717) is 19.6 Å². The molecule has 5 nitrogen and oxygen atoms in total. The van der Waals surface area contributed by atoms with E-state index in [-0.39, 0.29) is 5.91 Å². The molecule has 1 unspecified atom stereocenters. The Hall–Kier alpha value is -1.59. The lowest BCUT2D eigenvalue weighted by Gasteiger charge is -2.26. The molecule has 1 aromatic rings. The molecule has 0 aliphatic rings. The zero-order chi connectivity index (χ0) is 18.0. The summed E-state index contributed by atoms with van der Waals surface area (Å²) in [5, 5.41) is 2.91. The number of carbonyl (C=O) groups excluding carboxylic acids is 1. The molecule has 0 aromatic heterocycles. The molecule has 0 saturated heterocycles. The van der Waals surface area contributed by atoms with Crippen molar-refractivity contribution >= 4 is 11.6 Å². The van der Waals surface area contributed by atoms with Crippen LogP contribution in [0.2, 0.25) is 0 Å². The summed E-state index contributed by atoms with van der Waals surface area (Å²) in [7, 11) is 0. The second kappa shape index (κ2) is 10.3. The predicted molar refractivity (Wildman–Crippen MR) is 98.7 cm³/mol. The van der Waals surface area contributed by atoms with Gasteiger partial charge in [-0.15, -0.1) is 0 Å². The van der Waals surface area contributed by atoms with Crippen molar-refractivity contribution < 1.29 is 14.3 Å². The number of carbonyl (C=O) groups is 1. The van der Waals surface area contributed by atoms with Gasteiger partial charge in [-0.3, -0.25) is 4.79 Å². The first-order valence-electron chi connectivity index (χ1n) is 8.89. The number of likely N-dealkylation sites (N-methyl/N-ethyl adjacent to an activating group) is 1. The van der Waals surface area contributed by atoms with Crippen LogP contribution in [-0.4, -0.2) is 49.3 Å². The summed E-state index contributed by atoms with van der Waals surface area (Å²) in [4.78, 5) is 14.7. The van der Waals surface area contributed by atoms with E-state index in [1.54, 1.807) is 0 Å². The summed E-state index contributed by atoms with van der Waals surface area (Å²) >= 11 is 0. The Labute approximate surface area is 146 Å². The van der Waals surface area contributed by atoms with Crippen LogP contribution in [0.15, 0.2) is 24.3 Å². The summed E-state index contributed by atoms with van der Waals surface area (Å²) in [6, 6.07) is 7.46. The van der Waals surface area contributed by atoms with E-state index < -0.39 is 5.60 Å². The molecule has 0 spiro atoms. The molecule has 0 bridgehead atoms. The summed E-state index contributed by atoms with van der Waals surface area (Å²) in [5.41, 5.74) is -0.0521. The minimum Gasteiger partial charge on any atom is -0.492 e. The Balaban J connectivity index is 2.54. The lowest BCUT2D eigenvalue weighted by Crippen LogP contribution is -2.42. The van der Waals surface area contributed by atoms with Crippen LogP contribution in [0.25, 0.3) is 0 Å². The fourth-order valence-corrected chi connectivity index (χ4v) is 2.38. The van der Waals surface area contributed by atoms with E-state index in [0.717, 1.165) is 31.1 Å². The number of anilines is 1. The van der Waals surface area contributed by atoms with E-state index in [9.17, 15) is 4.79 Å². The molecule has 24 heavy (non-hydrogen) atoms. The smallest absolute Gasteiger partial charge is 0.256 e. The van der Waals surface area contributed by atoms with Crippen molar-refractivity contribution in [1.82, 2.24) is 4.90 Å². The molecule has 1 N–H and O–H groups in total. The van der Waals surface area contributed by atoms with Crippen molar-refractivity contribution in [3.63, 3.8) is 0 Å². The van der Waals surface area contributed by atoms with Gasteiger partial charge in [0, 0.05) is 18.8 Å². The minimum absolute atomic E-state index is 0.123. The van der Waals surface area contributed by atoms with Crippen LogP contribution in [0.3, 0.4) is 0 Å².